The Morgan fingerprint density at radius 3 is 2.59 bits per heavy atom. The molecule has 3 aromatic rings. The van der Waals surface area contributed by atoms with E-state index in [2.05, 4.69) is 36.0 Å². The summed E-state index contributed by atoms with van der Waals surface area (Å²) in [6.45, 7) is 8.36. The predicted octanol–water partition coefficient (Wildman–Crippen LogP) is 3.07. The highest BCUT2D eigenvalue weighted by Gasteiger charge is 2.19. The summed E-state index contributed by atoms with van der Waals surface area (Å²) in [6.07, 6.45) is 9.64. The number of rotatable bonds is 4. The standard InChI is InChI=1S/C21H25N5O/c1-14-5-6-15(20(27)24-17-7-8-17)9-19(14)16-10-22-25(12-16)18-11-23-26(13-18)21(2,3)4/h5-6,9-13,17H,7-8H2,1-4H3,(H,24,27)/p-1. The van der Waals surface area contributed by atoms with Crippen molar-refractivity contribution in [1.82, 2.24) is 19.6 Å². The molecular formula is C21H24N5O-. The van der Waals surface area contributed by atoms with Gasteiger partial charge in [0.15, 0.2) is 0 Å². The van der Waals surface area contributed by atoms with E-state index in [1.165, 1.54) is 0 Å². The van der Waals surface area contributed by atoms with E-state index in [1.54, 1.807) is 0 Å². The molecule has 0 amide bonds. The van der Waals surface area contributed by atoms with Crippen LogP contribution >= 0.6 is 0 Å². The molecule has 0 aliphatic heterocycles. The summed E-state index contributed by atoms with van der Waals surface area (Å²) in [4.78, 5) is 4.23. The zero-order chi connectivity index (χ0) is 19.2. The maximum atomic E-state index is 12.3. The Hall–Kier alpha value is -2.89. The molecule has 0 atom stereocenters. The molecule has 1 saturated carbocycles. The van der Waals surface area contributed by atoms with Crippen LogP contribution in [0, 0.1) is 6.92 Å². The van der Waals surface area contributed by atoms with Crippen LogP contribution in [-0.2, 0) is 5.54 Å². The van der Waals surface area contributed by atoms with Crippen LogP contribution in [0.5, 0.6) is 0 Å². The number of aliphatic imine (C=N–C) groups is 1. The van der Waals surface area contributed by atoms with Crippen LogP contribution in [0.4, 0.5) is 0 Å². The van der Waals surface area contributed by atoms with Gasteiger partial charge in [0, 0.05) is 17.8 Å². The molecular weight excluding hydrogens is 338 g/mol. The van der Waals surface area contributed by atoms with Gasteiger partial charge in [0.1, 0.15) is 5.69 Å². The minimum absolute atomic E-state index is 0.0788. The molecule has 0 spiro atoms. The largest absolute Gasteiger partial charge is 0.858 e. The molecule has 27 heavy (non-hydrogen) atoms. The first-order valence-electron chi connectivity index (χ1n) is 9.28. The van der Waals surface area contributed by atoms with Crippen molar-refractivity contribution in [1.29, 1.82) is 0 Å². The van der Waals surface area contributed by atoms with E-state index >= 15 is 0 Å². The highest BCUT2D eigenvalue weighted by Crippen LogP contribution is 2.27. The first kappa shape index (κ1) is 17.5. The van der Waals surface area contributed by atoms with Gasteiger partial charge in [0.05, 0.1) is 24.1 Å². The summed E-state index contributed by atoms with van der Waals surface area (Å²) in [5.74, 6) is -0.127. The molecule has 1 aromatic carbocycles. The second-order valence-corrected chi connectivity index (χ2v) is 8.18. The number of hydrogen-bond donors (Lipinski definition) is 0. The maximum absolute atomic E-state index is 12.3. The molecule has 6 heteroatoms. The maximum Gasteiger partial charge on any atom is 0.102 e. The van der Waals surface area contributed by atoms with Crippen molar-refractivity contribution in [3.63, 3.8) is 0 Å². The smallest absolute Gasteiger partial charge is 0.102 e. The van der Waals surface area contributed by atoms with Crippen molar-refractivity contribution in [2.45, 2.75) is 52.1 Å². The molecule has 6 nitrogen and oxygen atoms in total. The molecule has 140 valence electrons. The highest BCUT2D eigenvalue weighted by atomic mass is 16.3. The van der Waals surface area contributed by atoms with Gasteiger partial charge in [0.2, 0.25) is 0 Å². The Bertz CT molecular complexity index is 1000. The van der Waals surface area contributed by atoms with Gasteiger partial charge in [-0.15, -0.1) is 0 Å². The van der Waals surface area contributed by atoms with Crippen LogP contribution < -0.4 is 5.11 Å². The van der Waals surface area contributed by atoms with Gasteiger partial charge in [-0.2, -0.15) is 10.2 Å². The van der Waals surface area contributed by atoms with E-state index < -0.39 is 0 Å². The van der Waals surface area contributed by atoms with Gasteiger partial charge in [-0.1, -0.05) is 12.1 Å². The minimum Gasteiger partial charge on any atom is -0.858 e. The Morgan fingerprint density at radius 2 is 1.93 bits per heavy atom. The molecule has 0 N–H and O–H groups in total. The fourth-order valence-electron chi connectivity index (χ4n) is 2.91. The van der Waals surface area contributed by atoms with Crippen LogP contribution in [0.25, 0.3) is 16.8 Å². The summed E-state index contributed by atoms with van der Waals surface area (Å²) in [6, 6.07) is 5.97. The fraction of sp³-hybridized carbons (Fsp3) is 0.381. The van der Waals surface area contributed by atoms with Gasteiger partial charge in [-0.05, 0) is 69.2 Å². The molecule has 1 aliphatic carbocycles. The van der Waals surface area contributed by atoms with E-state index in [4.69, 9.17) is 0 Å². The third-order valence-electron chi connectivity index (χ3n) is 4.75. The van der Waals surface area contributed by atoms with Crippen molar-refractivity contribution in [2.75, 3.05) is 0 Å². The molecule has 0 radical (unpaired) electrons. The van der Waals surface area contributed by atoms with E-state index in [1.807, 2.05) is 59.3 Å². The highest BCUT2D eigenvalue weighted by molar-refractivity contribution is 5.92. The van der Waals surface area contributed by atoms with Crippen LogP contribution in [0.3, 0.4) is 0 Å². The number of benzene rings is 1. The predicted molar refractivity (Wildman–Crippen MR) is 104 cm³/mol. The van der Waals surface area contributed by atoms with Gasteiger partial charge < -0.3 is 5.11 Å². The topological polar surface area (TPSA) is 71.1 Å². The Balaban J connectivity index is 1.66. The molecule has 1 fully saturated rings. The molecule has 0 bridgehead atoms. The second-order valence-electron chi connectivity index (χ2n) is 8.18. The lowest BCUT2D eigenvalue weighted by Gasteiger charge is -2.18. The first-order chi connectivity index (χ1) is 12.8. The van der Waals surface area contributed by atoms with E-state index in [-0.39, 0.29) is 17.5 Å². The monoisotopic (exact) mass is 362 g/mol. The molecule has 2 heterocycles. The third kappa shape index (κ3) is 3.65. The van der Waals surface area contributed by atoms with Crippen molar-refractivity contribution < 1.29 is 5.11 Å². The molecule has 0 saturated heterocycles. The number of aryl methyl sites for hydroxylation is 1. The first-order valence-corrected chi connectivity index (χ1v) is 9.28. The zero-order valence-electron chi connectivity index (χ0n) is 16.2. The quantitative estimate of drug-likeness (QED) is 0.529. The van der Waals surface area contributed by atoms with E-state index in [9.17, 15) is 5.11 Å². The molecule has 0 unspecified atom stereocenters. The van der Waals surface area contributed by atoms with Gasteiger partial charge in [0.25, 0.3) is 0 Å². The van der Waals surface area contributed by atoms with Crippen molar-refractivity contribution >= 4 is 5.90 Å². The summed E-state index contributed by atoms with van der Waals surface area (Å²) in [7, 11) is 0. The molecule has 1 aliphatic rings. The van der Waals surface area contributed by atoms with Crippen molar-refractivity contribution in [2.24, 2.45) is 4.99 Å². The van der Waals surface area contributed by atoms with Crippen LogP contribution in [0.2, 0.25) is 0 Å². The summed E-state index contributed by atoms with van der Waals surface area (Å²) < 4.78 is 3.74. The van der Waals surface area contributed by atoms with Crippen molar-refractivity contribution in [3.8, 4) is 16.8 Å². The van der Waals surface area contributed by atoms with E-state index in [0.29, 0.717) is 5.56 Å². The minimum atomic E-state index is -0.127. The van der Waals surface area contributed by atoms with Gasteiger partial charge in [-0.3, -0.25) is 9.67 Å². The Morgan fingerprint density at radius 1 is 1.15 bits per heavy atom. The van der Waals surface area contributed by atoms with Crippen LogP contribution in [0.15, 0.2) is 48.0 Å². The third-order valence-corrected chi connectivity index (χ3v) is 4.75. The fourth-order valence-corrected chi connectivity index (χ4v) is 2.91. The lowest BCUT2D eigenvalue weighted by molar-refractivity contribution is -0.213. The average Bonchev–Trinajstić information content (AvgIpc) is 3.11. The lowest BCUT2D eigenvalue weighted by Crippen LogP contribution is -2.21. The average molecular weight is 362 g/mol. The Kier molecular flexibility index (Phi) is 4.13. The summed E-state index contributed by atoms with van der Waals surface area (Å²) in [5, 5.41) is 21.2. The van der Waals surface area contributed by atoms with Crippen LogP contribution in [0.1, 0.15) is 44.7 Å². The van der Waals surface area contributed by atoms with Crippen molar-refractivity contribution in [3.05, 3.63) is 54.1 Å². The number of aromatic nitrogens is 4. The second kappa shape index (κ2) is 6.37. The van der Waals surface area contributed by atoms with Gasteiger partial charge >= 0.3 is 0 Å². The Labute approximate surface area is 159 Å². The number of nitrogens with zero attached hydrogens (tertiary/aromatic N) is 5. The lowest BCUT2D eigenvalue weighted by atomic mass is 10.0. The normalized spacial score (nSPS) is 15.3. The molecule has 2 aromatic heterocycles. The summed E-state index contributed by atoms with van der Waals surface area (Å²) in [5.41, 5.74) is 4.53. The number of hydrogen-bond acceptors (Lipinski definition) is 4. The molecule has 4 rings (SSSR count). The van der Waals surface area contributed by atoms with Crippen LogP contribution in [-0.4, -0.2) is 31.5 Å². The van der Waals surface area contributed by atoms with E-state index in [0.717, 1.165) is 35.2 Å². The SMILES string of the molecule is Cc1ccc(C([O-])=NC2CC2)cc1-c1cnn(-c2cnn(C(C)(C)C)c2)c1. The van der Waals surface area contributed by atoms with Gasteiger partial charge in [-0.25, -0.2) is 4.68 Å². The summed E-state index contributed by atoms with van der Waals surface area (Å²) >= 11 is 0. The zero-order valence-corrected chi connectivity index (χ0v) is 16.2.